The smallest absolute Gasteiger partial charge is 0.352 e. The average Bonchev–Trinajstić information content (AvgIpc) is 2.55. The predicted molar refractivity (Wildman–Crippen MR) is 90.8 cm³/mol. The summed E-state index contributed by atoms with van der Waals surface area (Å²) in [4.78, 5) is 24.4. The van der Waals surface area contributed by atoms with Crippen molar-refractivity contribution < 1.29 is 19.3 Å². The zero-order valence-electron chi connectivity index (χ0n) is 12.8. The molecule has 0 aliphatic heterocycles. The zero-order valence-corrected chi connectivity index (χ0v) is 14.4. The number of carbonyl (C=O) groups is 1. The van der Waals surface area contributed by atoms with Crippen LogP contribution in [0.25, 0.3) is 0 Å². The highest BCUT2D eigenvalue weighted by atomic mass is 79.9. The number of rotatable bonds is 7. The molecule has 1 aliphatic carbocycles. The molecule has 0 fully saturated rings. The van der Waals surface area contributed by atoms with Gasteiger partial charge in [0, 0.05) is 23.5 Å². The van der Waals surface area contributed by atoms with E-state index in [9.17, 15) is 4.79 Å². The van der Waals surface area contributed by atoms with Crippen molar-refractivity contribution in [3.8, 4) is 0 Å². The second-order valence-electron chi connectivity index (χ2n) is 4.85. The molecule has 0 aromatic heterocycles. The van der Waals surface area contributed by atoms with E-state index in [0.717, 1.165) is 15.7 Å². The standard InChI is InChI=1S/C17H18BrNO4/c1-13(20)22-23-17-8-6-16(7-9-17)19-10-11-21-12-14-2-4-15(18)5-3-14/h2-6,8-9H,7,10-12H2,1H3. The lowest BCUT2D eigenvalue weighted by molar-refractivity contribution is -0.242. The number of benzene rings is 1. The minimum Gasteiger partial charge on any atom is -0.375 e. The molecule has 1 aliphatic rings. The van der Waals surface area contributed by atoms with Gasteiger partial charge in [-0.2, -0.15) is 0 Å². The molecule has 0 unspecified atom stereocenters. The maximum absolute atomic E-state index is 10.6. The summed E-state index contributed by atoms with van der Waals surface area (Å²) < 4.78 is 6.65. The third kappa shape index (κ3) is 6.80. The van der Waals surface area contributed by atoms with Gasteiger partial charge in [0.05, 0.1) is 19.8 Å². The number of aliphatic imine (C=N–C) groups is 1. The Hall–Kier alpha value is -1.92. The van der Waals surface area contributed by atoms with E-state index in [1.807, 2.05) is 36.4 Å². The third-order valence-electron chi connectivity index (χ3n) is 2.94. The van der Waals surface area contributed by atoms with E-state index in [1.165, 1.54) is 6.92 Å². The van der Waals surface area contributed by atoms with Crippen LogP contribution >= 0.6 is 15.9 Å². The number of nitrogens with zero attached hydrogens (tertiary/aromatic N) is 1. The molecule has 23 heavy (non-hydrogen) atoms. The van der Waals surface area contributed by atoms with E-state index in [2.05, 4.69) is 25.8 Å². The van der Waals surface area contributed by atoms with Crippen molar-refractivity contribution >= 4 is 27.6 Å². The molecule has 0 atom stereocenters. The van der Waals surface area contributed by atoms with Crippen molar-refractivity contribution in [2.45, 2.75) is 20.0 Å². The molecule has 2 rings (SSSR count). The van der Waals surface area contributed by atoms with Crippen molar-refractivity contribution in [3.63, 3.8) is 0 Å². The second kappa shape index (κ2) is 9.27. The molecule has 0 bridgehead atoms. The monoisotopic (exact) mass is 379 g/mol. The first-order chi connectivity index (χ1) is 11.1. The molecule has 0 heterocycles. The summed E-state index contributed by atoms with van der Waals surface area (Å²) >= 11 is 3.40. The van der Waals surface area contributed by atoms with E-state index < -0.39 is 5.97 Å². The number of carbonyl (C=O) groups excluding carboxylic acids is 1. The average molecular weight is 380 g/mol. The van der Waals surface area contributed by atoms with Gasteiger partial charge in [0.25, 0.3) is 0 Å². The second-order valence-corrected chi connectivity index (χ2v) is 5.77. The summed E-state index contributed by atoms with van der Waals surface area (Å²) in [6.45, 7) is 3.03. The van der Waals surface area contributed by atoms with Crippen LogP contribution in [-0.4, -0.2) is 24.8 Å². The van der Waals surface area contributed by atoms with E-state index in [1.54, 1.807) is 6.08 Å². The molecule has 0 spiro atoms. The summed E-state index contributed by atoms with van der Waals surface area (Å²) in [5, 5.41) is 0. The number of hydrogen-bond acceptors (Lipinski definition) is 5. The number of allylic oxidation sites excluding steroid dienone is 3. The summed E-state index contributed by atoms with van der Waals surface area (Å²) in [6.07, 6.45) is 6.01. The predicted octanol–water partition coefficient (Wildman–Crippen LogP) is 3.75. The lowest BCUT2D eigenvalue weighted by Crippen LogP contribution is -2.06. The molecule has 1 aromatic rings. The van der Waals surface area contributed by atoms with Gasteiger partial charge in [-0.25, -0.2) is 4.79 Å². The highest BCUT2D eigenvalue weighted by molar-refractivity contribution is 9.10. The quantitative estimate of drug-likeness (QED) is 0.411. The van der Waals surface area contributed by atoms with Crippen LogP contribution in [0, 0.1) is 0 Å². The zero-order chi connectivity index (χ0) is 16.5. The number of halogens is 1. The van der Waals surface area contributed by atoms with Crippen LogP contribution in [0.15, 0.2) is 57.7 Å². The molecular formula is C17H18BrNO4. The summed E-state index contributed by atoms with van der Waals surface area (Å²) in [5.41, 5.74) is 2.07. The van der Waals surface area contributed by atoms with Crippen LogP contribution in [0.3, 0.4) is 0 Å². The molecule has 0 saturated carbocycles. The molecule has 6 heteroatoms. The Morgan fingerprint density at radius 2 is 2.04 bits per heavy atom. The fourth-order valence-electron chi connectivity index (χ4n) is 1.83. The SMILES string of the molecule is CC(=O)OOC1=CCC(=NCCOCc2ccc(Br)cc2)C=C1. The van der Waals surface area contributed by atoms with Crippen LogP contribution in [0.1, 0.15) is 18.9 Å². The summed E-state index contributed by atoms with van der Waals surface area (Å²) in [7, 11) is 0. The van der Waals surface area contributed by atoms with Crippen LogP contribution in [0.2, 0.25) is 0 Å². The van der Waals surface area contributed by atoms with E-state index in [4.69, 9.17) is 9.62 Å². The van der Waals surface area contributed by atoms with Crippen molar-refractivity contribution in [2.75, 3.05) is 13.2 Å². The highest BCUT2D eigenvalue weighted by Gasteiger charge is 2.05. The normalized spacial score (nSPS) is 15.4. The maximum atomic E-state index is 10.6. The first-order valence-electron chi connectivity index (χ1n) is 7.22. The Labute approximate surface area is 143 Å². The van der Waals surface area contributed by atoms with Gasteiger partial charge >= 0.3 is 5.97 Å². The molecular weight excluding hydrogens is 362 g/mol. The van der Waals surface area contributed by atoms with E-state index >= 15 is 0 Å². The third-order valence-corrected chi connectivity index (χ3v) is 3.47. The Balaban J connectivity index is 1.64. The van der Waals surface area contributed by atoms with Gasteiger partial charge in [0.2, 0.25) is 0 Å². The van der Waals surface area contributed by atoms with Gasteiger partial charge in [-0.3, -0.25) is 14.8 Å². The largest absolute Gasteiger partial charge is 0.375 e. The molecule has 0 saturated heterocycles. The van der Waals surface area contributed by atoms with E-state index in [0.29, 0.717) is 31.9 Å². The Kier molecular flexibility index (Phi) is 7.03. The molecule has 122 valence electrons. The first-order valence-corrected chi connectivity index (χ1v) is 8.01. The molecule has 1 aromatic carbocycles. The molecule has 0 radical (unpaired) electrons. The number of hydrogen-bond donors (Lipinski definition) is 0. The summed E-state index contributed by atoms with van der Waals surface area (Å²) in [6, 6.07) is 8.03. The van der Waals surface area contributed by atoms with Crippen molar-refractivity contribution in [1.82, 2.24) is 0 Å². The van der Waals surface area contributed by atoms with Crippen molar-refractivity contribution in [1.29, 1.82) is 0 Å². The summed E-state index contributed by atoms with van der Waals surface area (Å²) in [5.74, 6) is 0.0207. The van der Waals surface area contributed by atoms with Crippen molar-refractivity contribution in [2.24, 2.45) is 4.99 Å². The van der Waals surface area contributed by atoms with Crippen molar-refractivity contribution in [3.05, 3.63) is 58.3 Å². The van der Waals surface area contributed by atoms with E-state index in [-0.39, 0.29) is 0 Å². The molecule has 5 nitrogen and oxygen atoms in total. The van der Waals surface area contributed by atoms with Gasteiger partial charge < -0.3 is 4.74 Å². The van der Waals surface area contributed by atoms with Gasteiger partial charge in [0.15, 0.2) is 5.76 Å². The molecule has 0 N–H and O–H groups in total. The van der Waals surface area contributed by atoms with Crippen LogP contribution in [0.5, 0.6) is 0 Å². The lowest BCUT2D eigenvalue weighted by atomic mass is 10.1. The van der Waals surface area contributed by atoms with Crippen LogP contribution in [0.4, 0.5) is 0 Å². The fraction of sp³-hybridized carbons (Fsp3) is 0.294. The Bertz CT molecular complexity index is 620. The van der Waals surface area contributed by atoms with Gasteiger partial charge in [-0.1, -0.05) is 28.1 Å². The fourth-order valence-corrected chi connectivity index (χ4v) is 2.09. The van der Waals surface area contributed by atoms with Crippen LogP contribution < -0.4 is 0 Å². The maximum Gasteiger partial charge on any atom is 0.352 e. The number of ether oxygens (including phenoxy) is 1. The minimum atomic E-state index is -0.485. The highest BCUT2D eigenvalue weighted by Crippen LogP contribution is 2.12. The van der Waals surface area contributed by atoms with Gasteiger partial charge in [0.1, 0.15) is 0 Å². The first kappa shape index (κ1) is 17.4. The minimum absolute atomic E-state index is 0.485. The van der Waals surface area contributed by atoms with Gasteiger partial charge in [-0.05, 0) is 35.9 Å². The Morgan fingerprint density at radius 1 is 1.26 bits per heavy atom. The lowest BCUT2D eigenvalue weighted by Gasteiger charge is -2.08. The van der Waals surface area contributed by atoms with Crippen LogP contribution in [-0.2, 0) is 25.9 Å². The molecule has 0 amide bonds. The van der Waals surface area contributed by atoms with Gasteiger partial charge in [-0.15, -0.1) is 0 Å². The Morgan fingerprint density at radius 3 is 2.70 bits per heavy atom. The topological polar surface area (TPSA) is 57.1 Å².